The second-order valence-electron chi connectivity index (χ2n) is 3.82. The van der Waals surface area contributed by atoms with Crippen LogP contribution in [0.3, 0.4) is 0 Å². The minimum atomic E-state index is -1.17. The first-order chi connectivity index (χ1) is 9.47. The molecule has 1 aromatic carbocycles. The molecule has 2 aromatic rings. The van der Waals surface area contributed by atoms with E-state index in [-0.39, 0.29) is 16.9 Å². The fraction of sp³-hybridized carbons (Fsp3) is 0. The molecule has 7 heteroatoms. The number of nitrogens with zero attached hydrogens (tertiary/aromatic N) is 1. The SMILES string of the molecule is O=C(O)c1ccnc(NC(=O)c2ccc(F)c(F)c2)c1. The first-order valence-electron chi connectivity index (χ1n) is 5.43. The topological polar surface area (TPSA) is 79.3 Å². The van der Waals surface area contributed by atoms with Crippen LogP contribution in [-0.4, -0.2) is 22.0 Å². The molecule has 1 aromatic heterocycles. The number of aromatic nitrogens is 1. The van der Waals surface area contributed by atoms with Crippen molar-refractivity contribution in [2.45, 2.75) is 0 Å². The Balaban J connectivity index is 2.21. The van der Waals surface area contributed by atoms with E-state index in [0.717, 1.165) is 24.3 Å². The molecule has 0 atom stereocenters. The number of pyridine rings is 1. The van der Waals surface area contributed by atoms with Gasteiger partial charge in [-0.05, 0) is 30.3 Å². The van der Waals surface area contributed by atoms with Crippen LogP contribution in [0.2, 0.25) is 0 Å². The zero-order valence-corrected chi connectivity index (χ0v) is 9.93. The van der Waals surface area contributed by atoms with Crippen molar-refractivity contribution in [2.24, 2.45) is 0 Å². The number of hydrogen-bond acceptors (Lipinski definition) is 3. The van der Waals surface area contributed by atoms with Gasteiger partial charge in [-0.3, -0.25) is 4.79 Å². The maximum atomic E-state index is 13.0. The van der Waals surface area contributed by atoms with Crippen LogP contribution in [-0.2, 0) is 0 Å². The summed E-state index contributed by atoms with van der Waals surface area (Å²) in [6.45, 7) is 0. The average Bonchev–Trinajstić information content (AvgIpc) is 2.42. The van der Waals surface area contributed by atoms with E-state index in [0.29, 0.717) is 0 Å². The van der Waals surface area contributed by atoms with Crippen LogP contribution in [0.5, 0.6) is 0 Å². The van der Waals surface area contributed by atoms with Gasteiger partial charge >= 0.3 is 5.97 Å². The Kier molecular flexibility index (Phi) is 3.69. The highest BCUT2D eigenvalue weighted by atomic mass is 19.2. The monoisotopic (exact) mass is 278 g/mol. The van der Waals surface area contributed by atoms with E-state index in [9.17, 15) is 18.4 Å². The van der Waals surface area contributed by atoms with E-state index in [4.69, 9.17) is 5.11 Å². The maximum absolute atomic E-state index is 13.0. The summed E-state index contributed by atoms with van der Waals surface area (Å²) in [5, 5.41) is 11.1. The minimum Gasteiger partial charge on any atom is -0.478 e. The molecule has 1 heterocycles. The molecule has 0 radical (unpaired) electrons. The molecule has 0 aliphatic carbocycles. The summed E-state index contributed by atoms with van der Waals surface area (Å²) in [5.74, 6) is -4.10. The molecule has 0 fully saturated rings. The smallest absolute Gasteiger partial charge is 0.335 e. The van der Waals surface area contributed by atoms with Gasteiger partial charge in [-0.2, -0.15) is 0 Å². The Morgan fingerprint density at radius 1 is 1.05 bits per heavy atom. The minimum absolute atomic E-state index is 0.000340. The molecule has 0 spiro atoms. The van der Waals surface area contributed by atoms with Gasteiger partial charge in [-0.25, -0.2) is 18.6 Å². The van der Waals surface area contributed by atoms with Crippen LogP contribution in [0.4, 0.5) is 14.6 Å². The van der Waals surface area contributed by atoms with Crippen LogP contribution >= 0.6 is 0 Å². The molecule has 0 saturated carbocycles. The predicted molar refractivity (Wildman–Crippen MR) is 65.5 cm³/mol. The lowest BCUT2D eigenvalue weighted by Gasteiger charge is -2.05. The average molecular weight is 278 g/mol. The quantitative estimate of drug-likeness (QED) is 0.903. The highest BCUT2D eigenvalue weighted by Crippen LogP contribution is 2.12. The molecule has 1 amide bonds. The van der Waals surface area contributed by atoms with Crippen molar-refractivity contribution in [3.8, 4) is 0 Å². The van der Waals surface area contributed by atoms with E-state index in [1.54, 1.807) is 0 Å². The van der Waals surface area contributed by atoms with Gasteiger partial charge in [-0.1, -0.05) is 0 Å². The molecule has 5 nitrogen and oxygen atoms in total. The first kappa shape index (κ1) is 13.6. The van der Waals surface area contributed by atoms with Crippen molar-refractivity contribution in [1.82, 2.24) is 4.98 Å². The van der Waals surface area contributed by atoms with Gasteiger partial charge in [0.05, 0.1) is 5.56 Å². The number of halogens is 2. The summed E-state index contributed by atoms with van der Waals surface area (Å²) in [5.41, 5.74) is -0.160. The van der Waals surface area contributed by atoms with Crippen LogP contribution in [0, 0.1) is 11.6 Å². The Hall–Kier alpha value is -2.83. The summed E-state index contributed by atoms with van der Waals surface area (Å²) < 4.78 is 25.7. The summed E-state index contributed by atoms with van der Waals surface area (Å²) in [4.78, 5) is 26.3. The number of carboxylic acid groups (broad SMARTS) is 1. The number of anilines is 1. The third-order valence-corrected chi connectivity index (χ3v) is 2.43. The fourth-order valence-corrected chi connectivity index (χ4v) is 1.46. The van der Waals surface area contributed by atoms with Gasteiger partial charge in [0.2, 0.25) is 0 Å². The number of aromatic carboxylic acids is 1. The molecule has 102 valence electrons. The summed E-state index contributed by atoms with van der Waals surface area (Å²) >= 11 is 0. The van der Waals surface area contributed by atoms with Crippen molar-refractivity contribution in [1.29, 1.82) is 0 Å². The number of carboxylic acids is 1. The number of carbonyl (C=O) groups excluding carboxylic acids is 1. The van der Waals surface area contributed by atoms with Gasteiger partial charge < -0.3 is 10.4 Å². The third-order valence-electron chi connectivity index (χ3n) is 2.43. The van der Waals surface area contributed by atoms with E-state index in [1.165, 1.54) is 12.3 Å². The molecule has 0 bridgehead atoms. The van der Waals surface area contributed by atoms with E-state index < -0.39 is 23.5 Å². The van der Waals surface area contributed by atoms with Gasteiger partial charge in [-0.15, -0.1) is 0 Å². The van der Waals surface area contributed by atoms with Gasteiger partial charge in [0, 0.05) is 11.8 Å². The second kappa shape index (κ2) is 5.43. The molecule has 20 heavy (non-hydrogen) atoms. The maximum Gasteiger partial charge on any atom is 0.335 e. The van der Waals surface area contributed by atoms with E-state index in [2.05, 4.69) is 10.3 Å². The zero-order chi connectivity index (χ0) is 14.7. The number of rotatable bonds is 3. The lowest BCUT2D eigenvalue weighted by atomic mass is 10.2. The predicted octanol–water partition coefficient (Wildman–Crippen LogP) is 2.31. The fourth-order valence-electron chi connectivity index (χ4n) is 1.46. The Labute approximate surface area is 111 Å². The number of hydrogen-bond donors (Lipinski definition) is 2. The van der Waals surface area contributed by atoms with Crippen molar-refractivity contribution >= 4 is 17.7 Å². The van der Waals surface area contributed by atoms with Crippen LogP contribution in [0.25, 0.3) is 0 Å². The largest absolute Gasteiger partial charge is 0.478 e. The standard InChI is InChI=1S/C13H8F2N2O3/c14-9-2-1-7(5-10(9)15)12(18)17-11-6-8(13(19)20)3-4-16-11/h1-6H,(H,19,20)(H,16,17,18). The second-order valence-corrected chi connectivity index (χ2v) is 3.82. The molecule has 2 rings (SSSR count). The van der Waals surface area contributed by atoms with Crippen LogP contribution < -0.4 is 5.32 Å². The number of benzene rings is 1. The normalized spacial score (nSPS) is 10.1. The first-order valence-corrected chi connectivity index (χ1v) is 5.43. The Morgan fingerprint density at radius 3 is 2.45 bits per heavy atom. The zero-order valence-electron chi connectivity index (χ0n) is 9.93. The summed E-state index contributed by atoms with van der Waals surface area (Å²) in [6.07, 6.45) is 1.21. The lowest BCUT2D eigenvalue weighted by molar-refractivity contribution is 0.0696. The molecular weight excluding hydrogens is 270 g/mol. The van der Waals surface area contributed by atoms with Crippen molar-refractivity contribution in [2.75, 3.05) is 5.32 Å². The summed E-state index contributed by atoms with van der Waals surface area (Å²) in [6, 6.07) is 5.08. The molecule has 0 aliphatic rings. The van der Waals surface area contributed by atoms with E-state index >= 15 is 0 Å². The van der Waals surface area contributed by atoms with Crippen molar-refractivity contribution in [3.63, 3.8) is 0 Å². The van der Waals surface area contributed by atoms with Crippen molar-refractivity contribution < 1.29 is 23.5 Å². The van der Waals surface area contributed by atoms with Gasteiger partial charge in [0.1, 0.15) is 5.82 Å². The van der Waals surface area contributed by atoms with Gasteiger partial charge in [0.25, 0.3) is 5.91 Å². The third kappa shape index (κ3) is 2.94. The molecular formula is C13H8F2N2O3. The Bertz CT molecular complexity index is 689. The van der Waals surface area contributed by atoms with Crippen molar-refractivity contribution in [3.05, 3.63) is 59.3 Å². The molecule has 0 unspecified atom stereocenters. The van der Waals surface area contributed by atoms with Crippen LogP contribution in [0.1, 0.15) is 20.7 Å². The number of carbonyl (C=O) groups is 2. The van der Waals surface area contributed by atoms with Crippen LogP contribution in [0.15, 0.2) is 36.5 Å². The Morgan fingerprint density at radius 2 is 1.80 bits per heavy atom. The molecule has 0 saturated heterocycles. The van der Waals surface area contributed by atoms with Gasteiger partial charge in [0.15, 0.2) is 11.6 Å². The number of amides is 1. The van der Waals surface area contributed by atoms with E-state index in [1.807, 2.05) is 0 Å². The molecule has 0 aliphatic heterocycles. The lowest BCUT2D eigenvalue weighted by Crippen LogP contribution is -2.14. The summed E-state index contributed by atoms with van der Waals surface area (Å²) in [7, 11) is 0. The highest BCUT2D eigenvalue weighted by molar-refractivity contribution is 6.04. The molecule has 2 N–H and O–H groups in total. The highest BCUT2D eigenvalue weighted by Gasteiger charge is 2.11. The number of nitrogens with one attached hydrogen (secondary N) is 1.